The third kappa shape index (κ3) is 2.20. The molecule has 0 aromatic heterocycles. The van der Waals surface area contributed by atoms with Gasteiger partial charge in [-0.1, -0.05) is 17.7 Å². The first-order chi connectivity index (χ1) is 6.61. The van der Waals surface area contributed by atoms with Crippen LogP contribution in [0.25, 0.3) is 0 Å². The van der Waals surface area contributed by atoms with Crippen molar-refractivity contribution in [1.29, 1.82) is 0 Å². The van der Waals surface area contributed by atoms with Crippen molar-refractivity contribution in [2.24, 2.45) is 5.73 Å². The Morgan fingerprint density at radius 2 is 2.29 bits per heavy atom. The van der Waals surface area contributed by atoms with Gasteiger partial charge >= 0.3 is 0 Å². The van der Waals surface area contributed by atoms with Gasteiger partial charge in [-0.2, -0.15) is 0 Å². The van der Waals surface area contributed by atoms with Gasteiger partial charge in [-0.25, -0.2) is 0 Å². The van der Waals surface area contributed by atoms with Crippen molar-refractivity contribution in [3.63, 3.8) is 0 Å². The Kier molecular flexibility index (Phi) is 4.19. The minimum Gasteiger partial charge on any atom is -0.495 e. The third-order valence-corrected chi connectivity index (χ3v) is 3.13. The van der Waals surface area contributed by atoms with Gasteiger partial charge in [0, 0.05) is 16.6 Å². The molecule has 5 heteroatoms. The van der Waals surface area contributed by atoms with E-state index in [1.54, 1.807) is 12.1 Å². The summed E-state index contributed by atoms with van der Waals surface area (Å²) in [5.41, 5.74) is 5.96. The fourth-order valence-electron chi connectivity index (χ4n) is 1.14. The molecule has 0 saturated carbocycles. The zero-order valence-corrected chi connectivity index (χ0v) is 9.97. The Bertz CT molecular complexity index is 333. The van der Waals surface area contributed by atoms with E-state index in [2.05, 4.69) is 15.9 Å². The average molecular weight is 281 g/mol. The van der Waals surface area contributed by atoms with E-state index >= 15 is 0 Å². The van der Waals surface area contributed by atoms with Crippen LogP contribution in [0.5, 0.6) is 5.75 Å². The van der Waals surface area contributed by atoms with E-state index in [9.17, 15) is 5.11 Å². The molecule has 1 rings (SSSR count). The predicted octanol–water partition coefficient (Wildman–Crippen LogP) is 2.10. The van der Waals surface area contributed by atoms with Crippen molar-refractivity contribution in [2.45, 2.75) is 6.10 Å². The molecule has 1 atom stereocenters. The monoisotopic (exact) mass is 279 g/mol. The Balaban J connectivity index is 3.23. The molecule has 1 aromatic carbocycles. The Hall–Kier alpha value is -0.290. The number of rotatable bonds is 3. The summed E-state index contributed by atoms with van der Waals surface area (Å²) < 4.78 is 5.83. The zero-order valence-electron chi connectivity index (χ0n) is 7.63. The topological polar surface area (TPSA) is 55.5 Å². The number of hydrogen-bond donors (Lipinski definition) is 2. The highest BCUT2D eigenvalue weighted by Crippen LogP contribution is 2.37. The number of benzene rings is 1. The van der Waals surface area contributed by atoms with Gasteiger partial charge < -0.3 is 15.6 Å². The van der Waals surface area contributed by atoms with Crippen LogP contribution in [0.3, 0.4) is 0 Å². The first kappa shape index (κ1) is 11.8. The number of methoxy groups -OCH3 is 1. The van der Waals surface area contributed by atoms with Gasteiger partial charge in [0.25, 0.3) is 0 Å². The molecule has 3 N–H and O–H groups in total. The Morgan fingerprint density at radius 1 is 1.64 bits per heavy atom. The van der Waals surface area contributed by atoms with Crippen LogP contribution in [-0.2, 0) is 0 Å². The van der Waals surface area contributed by atoms with Crippen molar-refractivity contribution in [3.8, 4) is 5.75 Å². The standard InChI is InChI=1S/C9H11BrClNO2/c1-14-9-5(7(13)4-12)2-3-6(10)8(9)11/h2-3,7,13H,4,12H2,1H3. The first-order valence-electron chi connectivity index (χ1n) is 4.01. The fraction of sp³-hybridized carbons (Fsp3) is 0.333. The second-order valence-corrected chi connectivity index (χ2v) is 3.97. The van der Waals surface area contributed by atoms with Gasteiger partial charge in [0.05, 0.1) is 18.2 Å². The van der Waals surface area contributed by atoms with E-state index < -0.39 is 6.10 Å². The van der Waals surface area contributed by atoms with Crippen molar-refractivity contribution in [1.82, 2.24) is 0 Å². The lowest BCUT2D eigenvalue weighted by atomic mass is 10.1. The predicted molar refractivity (Wildman–Crippen MR) is 59.7 cm³/mol. The van der Waals surface area contributed by atoms with Crippen molar-refractivity contribution in [2.75, 3.05) is 13.7 Å². The number of aliphatic hydroxyl groups is 1. The fourth-order valence-corrected chi connectivity index (χ4v) is 1.71. The van der Waals surface area contributed by atoms with Crippen molar-refractivity contribution in [3.05, 3.63) is 27.2 Å². The molecule has 0 saturated heterocycles. The number of halogens is 2. The van der Waals surface area contributed by atoms with Gasteiger partial charge in [-0.15, -0.1) is 0 Å². The Morgan fingerprint density at radius 3 is 2.79 bits per heavy atom. The van der Waals surface area contributed by atoms with E-state index in [4.69, 9.17) is 22.1 Å². The molecule has 0 bridgehead atoms. The number of aliphatic hydroxyl groups excluding tert-OH is 1. The van der Waals surface area contributed by atoms with E-state index in [1.165, 1.54) is 7.11 Å². The van der Waals surface area contributed by atoms with Gasteiger partial charge in [-0.3, -0.25) is 0 Å². The molecule has 0 heterocycles. The minimum atomic E-state index is -0.754. The molecule has 0 radical (unpaired) electrons. The molecule has 14 heavy (non-hydrogen) atoms. The molecule has 0 spiro atoms. The van der Waals surface area contributed by atoms with E-state index in [0.29, 0.717) is 16.3 Å². The van der Waals surface area contributed by atoms with Crippen molar-refractivity contribution >= 4 is 27.5 Å². The number of ether oxygens (including phenoxy) is 1. The van der Waals surface area contributed by atoms with Gasteiger partial charge in [0.15, 0.2) is 0 Å². The van der Waals surface area contributed by atoms with Gasteiger partial charge in [0.1, 0.15) is 5.75 Å². The normalized spacial score (nSPS) is 12.6. The quantitative estimate of drug-likeness (QED) is 0.891. The maximum absolute atomic E-state index is 9.58. The molecule has 78 valence electrons. The van der Waals surface area contributed by atoms with E-state index in [1.807, 2.05) is 0 Å². The number of hydrogen-bond acceptors (Lipinski definition) is 3. The maximum Gasteiger partial charge on any atom is 0.144 e. The van der Waals surface area contributed by atoms with Crippen molar-refractivity contribution < 1.29 is 9.84 Å². The zero-order chi connectivity index (χ0) is 10.7. The molecular weight excluding hydrogens is 269 g/mol. The summed E-state index contributed by atoms with van der Waals surface area (Å²) in [5, 5.41) is 10.0. The Labute approximate surface area is 95.9 Å². The molecule has 1 aromatic rings. The molecule has 0 amide bonds. The van der Waals surface area contributed by atoms with Crippen LogP contribution in [0.1, 0.15) is 11.7 Å². The summed E-state index contributed by atoms with van der Waals surface area (Å²) in [6.45, 7) is 0.133. The summed E-state index contributed by atoms with van der Waals surface area (Å²) in [7, 11) is 1.50. The molecule has 0 fully saturated rings. The first-order valence-corrected chi connectivity index (χ1v) is 5.19. The second-order valence-electron chi connectivity index (χ2n) is 2.74. The van der Waals surface area contributed by atoms with Crippen LogP contribution in [0.15, 0.2) is 16.6 Å². The minimum absolute atomic E-state index is 0.133. The average Bonchev–Trinajstić information content (AvgIpc) is 2.20. The van der Waals surface area contributed by atoms with Gasteiger partial charge in [-0.05, 0) is 22.0 Å². The molecule has 1 unspecified atom stereocenters. The third-order valence-electron chi connectivity index (χ3n) is 1.87. The summed E-state index contributed by atoms with van der Waals surface area (Å²) in [6.07, 6.45) is -0.754. The summed E-state index contributed by atoms with van der Waals surface area (Å²) in [4.78, 5) is 0. The van der Waals surface area contributed by atoms with Crippen LogP contribution in [0, 0.1) is 0 Å². The number of nitrogens with two attached hydrogens (primary N) is 1. The summed E-state index contributed by atoms with van der Waals surface area (Å²) >= 11 is 9.24. The molecule has 0 aliphatic heterocycles. The summed E-state index contributed by atoms with van der Waals surface area (Å²) in [6, 6.07) is 3.48. The maximum atomic E-state index is 9.58. The summed E-state index contributed by atoms with van der Waals surface area (Å²) in [5.74, 6) is 0.457. The lowest BCUT2D eigenvalue weighted by Crippen LogP contribution is -2.12. The SMILES string of the molecule is COc1c(C(O)CN)ccc(Br)c1Cl. The molecular formula is C9H11BrClNO2. The lowest BCUT2D eigenvalue weighted by Gasteiger charge is -2.14. The molecule has 0 aliphatic rings. The smallest absolute Gasteiger partial charge is 0.144 e. The highest BCUT2D eigenvalue weighted by atomic mass is 79.9. The van der Waals surface area contributed by atoms with Crippen LogP contribution >= 0.6 is 27.5 Å². The van der Waals surface area contributed by atoms with E-state index in [-0.39, 0.29) is 6.54 Å². The van der Waals surface area contributed by atoms with Gasteiger partial charge in [0.2, 0.25) is 0 Å². The lowest BCUT2D eigenvalue weighted by molar-refractivity contribution is 0.182. The largest absolute Gasteiger partial charge is 0.495 e. The van der Waals surface area contributed by atoms with Crippen LogP contribution in [-0.4, -0.2) is 18.8 Å². The van der Waals surface area contributed by atoms with Crippen LogP contribution < -0.4 is 10.5 Å². The molecule has 0 aliphatic carbocycles. The highest BCUT2D eigenvalue weighted by molar-refractivity contribution is 9.10. The second kappa shape index (κ2) is 4.98. The molecule has 3 nitrogen and oxygen atoms in total. The van der Waals surface area contributed by atoms with Crippen LogP contribution in [0.4, 0.5) is 0 Å². The highest BCUT2D eigenvalue weighted by Gasteiger charge is 2.16. The van der Waals surface area contributed by atoms with E-state index in [0.717, 1.165) is 4.47 Å². The van der Waals surface area contributed by atoms with Crippen LogP contribution in [0.2, 0.25) is 5.02 Å².